The summed E-state index contributed by atoms with van der Waals surface area (Å²) in [5.41, 5.74) is 3.88. The van der Waals surface area contributed by atoms with Gasteiger partial charge in [0.2, 0.25) is 0 Å². The van der Waals surface area contributed by atoms with Gasteiger partial charge in [0.15, 0.2) is 0 Å². The first kappa shape index (κ1) is 23.0. The number of amides is 2. The minimum atomic E-state index is -0.0598. The lowest BCUT2D eigenvalue weighted by Crippen LogP contribution is -2.49. The van der Waals surface area contributed by atoms with Gasteiger partial charge in [-0.2, -0.15) is 0 Å². The Labute approximate surface area is 210 Å². The van der Waals surface area contributed by atoms with Crippen molar-refractivity contribution in [2.75, 3.05) is 13.1 Å². The van der Waals surface area contributed by atoms with Crippen LogP contribution >= 0.6 is 0 Å². The number of nitrogens with one attached hydrogen (secondary N) is 1. The molecule has 7 nitrogen and oxygen atoms in total. The molecular formula is C29H32N4O3. The molecule has 3 aliphatic rings. The topological polar surface area (TPSA) is 84.3 Å². The van der Waals surface area contributed by atoms with Crippen LogP contribution in [0.15, 0.2) is 47.3 Å². The Morgan fingerprint density at radius 1 is 0.972 bits per heavy atom. The van der Waals surface area contributed by atoms with Crippen molar-refractivity contribution in [1.82, 2.24) is 19.8 Å². The monoisotopic (exact) mass is 484 g/mol. The van der Waals surface area contributed by atoms with Crippen molar-refractivity contribution in [3.63, 3.8) is 0 Å². The second kappa shape index (κ2) is 9.19. The summed E-state index contributed by atoms with van der Waals surface area (Å²) >= 11 is 0. The smallest absolute Gasteiger partial charge is 0.256 e. The molecule has 186 valence electrons. The molecule has 0 bridgehead atoms. The molecule has 1 saturated carbocycles. The van der Waals surface area contributed by atoms with Gasteiger partial charge in [-0.1, -0.05) is 18.2 Å². The first-order valence-corrected chi connectivity index (χ1v) is 13.2. The van der Waals surface area contributed by atoms with Crippen LogP contribution in [0, 0.1) is 18.8 Å². The summed E-state index contributed by atoms with van der Waals surface area (Å²) in [5.74, 6) is 0.974. The Kier molecular flexibility index (Phi) is 5.86. The lowest BCUT2D eigenvalue weighted by molar-refractivity contribution is 0.0480. The van der Waals surface area contributed by atoms with Gasteiger partial charge in [-0.05, 0) is 75.5 Å². The Bertz CT molecular complexity index is 1410. The highest BCUT2D eigenvalue weighted by Gasteiger charge is 2.37. The van der Waals surface area contributed by atoms with Gasteiger partial charge < -0.3 is 14.8 Å². The van der Waals surface area contributed by atoms with Crippen molar-refractivity contribution in [1.29, 1.82) is 0 Å². The summed E-state index contributed by atoms with van der Waals surface area (Å²) < 4.78 is 1.74. The molecule has 2 fully saturated rings. The highest BCUT2D eigenvalue weighted by molar-refractivity contribution is 6.05. The predicted molar refractivity (Wildman–Crippen MR) is 138 cm³/mol. The van der Waals surface area contributed by atoms with E-state index in [0.717, 1.165) is 73.9 Å². The molecule has 3 unspecified atom stereocenters. The van der Waals surface area contributed by atoms with Crippen LogP contribution in [-0.2, 0) is 13.0 Å². The molecule has 6 rings (SSSR count). The maximum Gasteiger partial charge on any atom is 0.256 e. The fraction of sp³-hybridized carbons (Fsp3) is 0.448. The Balaban J connectivity index is 1.11. The minimum absolute atomic E-state index is 0.0183. The third-order valence-electron chi connectivity index (χ3n) is 8.41. The van der Waals surface area contributed by atoms with Crippen LogP contribution in [0.3, 0.4) is 0 Å². The molecule has 1 aliphatic carbocycles. The number of hydrogen-bond donors (Lipinski definition) is 1. The Morgan fingerprint density at radius 3 is 2.75 bits per heavy atom. The number of fused-ring (bicyclic) bond motifs is 3. The van der Waals surface area contributed by atoms with E-state index in [4.69, 9.17) is 0 Å². The van der Waals surface area contributed by atoms with E-state index in [1.807, 2.05) is 42.2 Å². The molecule has 36 heavy (non-hydrogen) atoms. The minimum Gasteiger partial charge on any atom is -0.349 e. The molecular weight excluding hydrogens is 452 g/mol. The number of nitrogens with zero attached hydrogens (tertiary/aromatic N) is 3. The average molecular weight is 485 g/mol. The summed E-state index contributed by atoms with van der Waals surface area (Å²) in [6.07, 6.45) is 5.51. The zero-order chi connectivity index (χ0) is 24.8. The average Bonchev–Trinajstić information content (AvgIpc) is 3.39. The fourth-order valence-corrected chi connectivity index (χ4v) is 6.53. The molecule has 2 aliphatic heterocycles. The maximum atomic E-state index is 13.5. The molecule has 0 spiro atoms. The number of pyridine rings is 2. The number of aryl methyl sites for hydroxylation is 1. The van der Waals surface area contributed by atoms with Crippen LogP contribution in [0.25, 0.3) is 10.9 Å². The van der Waals surface area contributed by atoms with E-state index in [1.165, 1.54) is 6.07 Å². The number of carbonyl (C=O) groups excluding carboxylic acids is 2. The normalized spacial score (nSPS) is 23.2. The van der Waals surface area contributed by atoms with Crippen LogP contribution in [-0.4, -0.2) is 45.4 Å². The third kappa shape index (κ3) is 4.10. The summed E-state index contributed by atoms with van der Waals surface area (Å²) in [5, 5.41) is 4.25. The first-order chi connectivity index (χ1) is 17.5. The molecule has 3 atom stereocenters. The second-order valence-electron chi connectivity index (χ2n) is 10.7. The number of piperidine rings is 1. The SMILES string of the molecule is Cc1ccc2cccc(C(=O)N3CCC4CC(NC(=O)c5ccc(=O)n6c5CCC6)CCC4C3)c2n1. The number of likely N-dealkylation sites (tertiary alicyclic amines) is 1. The molecule has 1 saturated heterocycles. The van der Waals surface area contributed by atoms with Gasteiger partial charge in [0.1, 0.15) is 0 Å². The number of para-hydroxylation sites is 1. The molecule has 7 heteroatoms. The number of hydrogen-bond acceptors (Lipinski definition) is 4. The van der Waals surface area contributed by atoms with E-state index in [0.29, 0.717) is 29.5 Å². The largest absolute Gasteiger partial charge is 0.349 e. The van der Waals surface area contributed by atoms with Gasteiger partial charge in [-0.3, -0.25) is 19.4 Å². The molecule has 1 N–H and O–H groups in total. The molecule has 2 aromatic heterocycles. The zero-order valence-corrected chi connectivity index (χ0v) is 20.7. The summed E-state index contributed by atoms with van der Waals surface area (Å²) in [6.45, 7) is 4.15. The zero-order valence-electron chi connectivity index (χ0n) is 20.7. The van der Waals surface area contributed by atoms with Gasteiger partial charge in [0.25, 0.3) is 17.4 Å². The van der Waals surface area contributed by atoms with E-state index in [1.54, 1.807) is 10.6 Å². The van der Waals surface area contributed by atoms with Gasteiger partial charge in [-0.25, -0.2) is 0 Å². The molecule has 0 radical (unpaired) electrons. The van der Waals surface area contributed by atoms with Crippen LogP contribution in [0.2, 0.25) is 0 Å². The Hall–Kier alpha value is -3.48. The first-order valence-electron chi connectivity index (χ1n) is 13.2. The number of benzene rings is 1. The van der Waals surface area contributed by atoms with Crippen LogP contribution in [0.4, 0.5) is 0 Å². The molecule has 2 amide bonds. The number of aromatic nitrogens is 2. The number of carbonyl (C=O) groups is 2. The summed E-state index contributed by atoms with van der Waals surface area (Å²) in [6, 6.07) is 13.2. The van der Waals surface area contributed by atoms with E-state index in [9.17, 15) is 14.4 Å². The van der Waals surface area contributed by atoms with Crippen LogP contribution < -0.4 is 10.9 Å². The Morgan fingerprint density at radius 2 is 1.86 bits per heavy atom. The van der Waals surface area contributed by atoms with E-state index in [-0.39, 0.29) is 23.4 Å². The van der Waals surface area contributed by atoms with Crippen molar-refractivity contribution in [2.24, 2.45) is 11.8 Å². The highest BCUT2D eigenvalue weighted by Crippen LogP contribution is 2.37. The molecule has 4 heterocycles. The van der Waals surface area contributed by atoms with Crippen molar-refractivity contribution < 1.29 is 9.59 Å². The van der Waals surface area contributed by atoms with Crippen LogP contribution in [0.1, 0.15) is 64.2 Å². The van der Waals surface area contributed by atoms with Crippen molar-refractivity contribution in [2.45, 2.75) is 58.0 Å². The lowest BCUT2D eigenvalue weighted by Gasteiger charge is -2.43. The quantitative estimate of drug-likeness (QED) is 0.614. The van der Waals surface area contributed by atoms with Gasteiger partial charge in [-0.15, -0.1) is 0 Å². The highest BCUT2D eigenvalue weighted by atomic mass is 16.2. The second-order valence-corrected chi connectivity index (χ2v) is 10.7. The standard InChI is InChI=1S/C29H32N4O3/c1-18-7-8-19-4-2-5-24(27(19)30-18)29(36)32-15-13-20-16-22(10-9-21(20)17-32)31-28(35)23-11-12-26(34)33-14-3-6-25(23)33/h2,4-5,7-8,11-12,20-22H,3,6,9-10,13-17H2,1H3,(H,31,35). The molecule has 3 aromatic rings. The summed E-state index contributed by atoms with van der Waals surface area (Å²) in [4.78, 5) is 45.3. The van der Waals surface area contributed by atoms with Gasteiger partial charge >= 0.3 is 0 Å². The van der Waals surface area contributed by atoms with E-state index in [2.05, 4.69) is 10.3 Å². The van der Waals surface area contributed by atoms with Crippen LogP contribution in [0.5, 0.6) is 0 Å². The fourth-order valence-electron chi connectivity index (χ4n) is 6.53. The van der Waals surface area contributed by atoms with Gasteiger partial charge in [0.05, 0.1) is 16.6 Å². The van der Waals surface area contributed by atoms with E-state index >= 15 is 0 Å². The molecule has 1 aromatic carbocycles. The van der Waals surface area contributed by atoms with Crippen molar-refractivity contribution in [3.8, 4) is 0 Å². The summed E-state index contributed by atoms with van der Waals surface area (Å²) in [7, 11) is 0. The third-order valence-corrected chi connectivity index (χ3v) is 8.41. The van der Waals surface area contributed by atoms with Crippen molar-refractivity contribution in [3.05, 3.63) is 75.3 Å². The van der Waals surface area contributed by atoms with E-state index < -0.39 is 0 Å². The predicted octanol–water partition coefficient (Wildman–Crippen LogP) is 3.71. The van der Waals surface area contributed by atoms with Gasteiger partial charge in [0, 0.05) is 48.5 Å². The number of rotatable bonds is 3. The van der Waals surface area contributed by atoms with Crippen molar-refractivity contribution >= 4 is 22.7 Å². The lowest BCUT2D eigenvalue weighted by atomic mass is 9.73. The maximum absolute atomic E-state index is 13.5.